The van der Waals surface area contributed by atoms with E-state index in [2.05, 4.69) is 10.6 Å². The molecule has 0 radical (unpaired) electrons. The Morgan fingerprint density at radius 3 is 2.53 bits per heavy atom. The normalized spacial score (nSPS) is 14.0. The summed E-state index contributed by atoms with van der Waals surface area (Å²) in [4.78, 5) is 38.0. The molecule has 0 spiro atoms. The Morgan fingerprint density at radius 1 is 1.07 bits per heavy atom. The van der Waals surface area contributed by atoms with Crippen LogP contribution in [0.3, 0.4) is 0 Å². The number of nitrogens with one attached hydrogen (secondary N) is 2. The number of carbonyl (C=O) groups is 3. The predicted molar refractivity (Wildman–Crippen MR) is 109 cm³/mol. The van der Waals surface area contributed by atoms with Crippen LogP contribution in [0, 0.1) is 0 Å². The molecule has 0 unspecified atom stereocenters. The van der Waals surface area contributed by atoms with Crippen LogP contribution in [0.4, 0.5) is 29.3 Å². The van der Waals surface area contributed by atoms with Crippen molar-refractivity contribution in [2.75, 3.05) is 29.5 Å². The molecule has 1 heterocycles. The average Bonchev–Trinajstić information content (AvgIpc) is 3.11. The second-order valence-electron chi connectivity index (χ2n) is 6.48. The molecule has 30 heavy (non-hydrogen) atoms. The smallest absolute Gasteiger partial charge is 0.332 e. The fourth-order valence-corrected chi connectivity index (χ4v) is 3.69. The van der Waals surface area contributed by atoms with Gasteiger partial charge in [0.25, 0.3) is 11.1 Å². The molecule has 0 aromatic heterocycles. The summed E-state index contributed by atoms with van der Waals surface area (Å²) in [6, 6.07) is 10.5. The van der Waals surface area contributed by atoms with Crippen molar-refractivity contribution in [2.45, 2.75) is 12.6 Å². The zero-order valence-electron chi connectivity index (χ0n) is 15.7. The Bertz CT molecular complexity index is 966. The number of amides is 3. The molecule has 0 bridgehead atoms. The Morgan fingerprint density at radius 2 is 1.83 bits per heavy atom. The highest BCUT2D eigenvalue weighted by Crippen LogP contribution is 2.31. The van der Waals surface area contributed by atoms with Crippen LogP contribution in [0.25, 0.3) is 0 Å². The molecule has 1 saturated heterocycles. The van der Waals surface area contributed by atoms with Crippen LogP contribution in [0.2, 0.25) is 0 Å². The Hall–Kier alpha value is -3.01. The van der Waals surface area contributed by atoms with Gasteiger partial charge in [-0.3, -0.25) is 14.4 Å². The van der Waals surface area contributed by atoms with E-state index in [1.165, 1.54) is 36.0 Å². The number of nitrogens with zero attached hydrogens (tertiary/aromatic N) is 1. The van der Waals surface area contributed by atoms with E-state index in [-0.39, 0.29) is 41.1 Å². The summed E-state index contributed by atoms with van der Waals surface area (Å²) >= 11 is 1.20. The van der Waals surface area contributed by atoms with Gasteiger partial charge in [-0.1, -0.05) is 30.0 Å². The van der Waals surface area contributed by atoms with Gasteiger partial charge in [-0.05, 0) is 30.3 Å². The number of alkyl halides is 3. The van der Waals surface area contributed by atoms with Crippen molar-refractivity contribution < 1.29 is 27.6 Å². The van der Waals surface area contributed by atoms with E-state index in [0.29, 0.717) is 12.3 Å². The second kappa shape index (κ2) is 9.21. The minimum Gasteiger partial charge on any atom is -0.332 e. The maximum Gasteiger partial charge on any atom is 0.416 e. The van der Waals surface area contributed by atoms with Crippen LogP contribution in [0.5, 0.6) is 0 Å². The van der Waals surface area contributed by atoms with E-state index in [0.717, 1.165) is 12.1 Å². The van der Waals surface area contributed by atoms with Crippen molar-refractivity contribution in [3.8, 4) is 0 Å². The number of carbonyl (C=O) groups excluding carboxylic acids is 3. The molecule has 158 valence electrons. The lowest BCUT2D eigenvalue weighted by molar-refractivity contribution is -0.137. The molecule has 3 rings (SSSR count). The Labute approximate surface area is 174 Å². The molecule has 6 nitrogen and oxygen atoms in total. The van der Waals surface area contributed by atoms with Crippen LogP contribution < -0.4 is 10.6 Å². The van der Waals surface area contributed by atoms with Gasteiger partial charge < -0.3 is 15.5 Å². The first-order valence-electron chi connectivity index (χ1n) is 9.03. The number of para-hydroxylation sites is 1. The third-order valence-electron chi connectivity index (χ3n) is 4.35. The number of anilines is 2. The van der Waals surface area contributed by atoms with E-state index in [9.17, 15) is 27.6 Å². The van der Waals surface area contributed by atoms with Gasteiger partial charge in [0.2, 0.25) is 5.91 Å². The molecular formula is C20H18F3N3O3S. The number of thioether (sulfide) groups is 1. The minimum atomic E-state index is -4.53. The van der Waals surface area contributed by atoms with Crippen LogP contribution in [-0.2, 0) is 11.0 Å². The van der Waals surface area contributed by atoms with Gasteiger partial charge in [0.1, 0.15) is 0 Å². The van der Waals surface area contributed by atoms with E-state index in [1.54, 1.807) is 17.0 Å². The van der Waals surface area contributed by atoms with Gasteiger partial charge in [0, 0.05) is 31.0 Å². The first-order valence-corrected chi connectivity index (χ1v) is 10.0. The van der Waals surface area contributed by atoms with Crippen molar-refractivity contribution in [3.05, 3.63) is 59.7 Å². The topological polar surface area (TPSA) is 78.5 Å². The highest BCUT2D eigenvalue weighted by Gasteiger charge is 2.30. The van der Waals surface area contributed by atoms with Gasteiger partial charge in [0.05, 0.1) is 16.8 Å². The van der Waals surface area contributed by atoms with Gasteiger partial charge >= 0.3 is 6.18 Å². The summed E-state index contributed by atoms with van der Waals surface area (Å²) in [6.07, 6.45) is -4.46. The highest BCUT2D eigenvalue weighted by molar-refractivity contribution is 8.13. The van der Waals surface area contributed by atoms with Crippen LogP contribution in [0.1, 0.15) is 22.3 Å². The minimum absolute atomic E-state index is 0.0130. The average molecular weight is 437 g/mol. The number of hydrogen-bond donors (Lipinski definition) is 2. The van der Waals surface area contributed by atoms with Crippen molar-refractivity contribution in [1.29, 1.82) is 0 Å². The standard InChI is InChI=1S/C20H18F3N3O3S/c21-20(22,23)13-4-3-5-14(12-13)24-18(28)15-6-1-2-7-16(15)25-17(27)8-9-26-10-11-30-19(26)29/h1-7,12H,8-11H2,(H,24,28)(H,25,27). The van der Waals surface area contributed by atoms with Gasteiger partial charge in [-0.2, -0.15) is 13.2 Å². The van der Waals surface area contributed by atoms with Crippen molar-refractivity contribution in [3.63, 3.8) is 0 Å². The summed E-state index contributed by atoms with van der Waals surface area (Å²) in [5.74, 6) is -0.339. The summed E-state index contributed by atoms with van der Waals surface area (Å²) in [5.41, 5.74) is -0.553. The van der Waals surface area contributed by atoms with E-state index >= 15 is 0 Å². The molecule has 1 aliphatic heterocycles. The zero-order chi connectivity index (χ0) is 21.7. The molecule has 1 aliphatic rings. The molecule has 10 heteroatoms. The first-order chi connectivity index (χ1) is 14.2. The second-order valence-corrected chi connectivity index (χ2v) is 7.52. The number of hydrogen-bond acceptors (Lipinski definition) is 4. The van der Waals surface area contributed by atoms with Crippen molar-refractivity contribution in [1.82, 2.24) is 4.90 Å². The molecule has 2 aromatic rings. The molecule has 2 N–H and O–H groups in total. The third-order valence-corrected chi connectivity index (χ3v) is 5.24. The number of benzene rings is 2. The van der Waals surface area contributed by atoms with E-state index < -0.39 is 17.6 Å². The number of halogens is 3. The molecule has 0 atom stereocenters. The van der Waals surface area contributed by atoms with Crippen LogP contribution in [0.15, 0.2) is 48.5 Å². The van der Waals surface area contributed by atoms with Crippen molar-refractivity contribution >= 4 is 40.2 Å². The molecule has 0 saturated carbocycles. The summed E-state index contributed by atoms with van der Waals surface area (Å²) in [7, 11) is 0. The molecule has 1 fully saturated rings. The van der Waals surface area contributed by atoms with E-state index in [1.807, 2.05) is 0 Å². The highest BCUT2D eigenvalue weighted by atomic mass is 32.2. The lowest BCUT2D eigenvalue weighted by atomic mass is 10.1. The maximum absolute atomic E-state index is 12.9. The summed E-state index contributed by atoms with van der Waals surface area (Å²) < 4.78 is 38.6. The van der Waals surface area contributed by atoms with Gasteiger partial charge in [-0.15, -0.1) is 0 Å². The van der Waals surface area contributed by atoms with Gasteiger partial charge in [0.15, 0.2) is 0 Å². The predicted octanol–water partition coefficient (Wildman–Crippen LogP) is 4.46. The lowest BCUT2D eigenvalue weighted by Crippen LogP contribution is -2.28. The molecule has 3 amide bonds. The monoisotopic (exact) mass is 437 g/mol. The number of rotatable bonds is 6. The first kappa shape index (κ1) is 21.7. The van der Waals surface area contributed by atoms with Crippen molar-refractivity contribution in [2.24, 2.45) is 0 Å². The van der Waals surface area contributed by atoms with Crippen LogP contribution >= 0.6 is 11.8 Å². The third kappa shape index (κ3) is 5.53. The summed E-state index contributed by atoms with van der Waals surface area (Å²) in [6.45, 7) is 0.864. The molecule has 0 aliphatic carbocycles. The van der Waals surface area contributed by atoms with Gasteiger partial charge in [-0.25, -0.2) is 0 Å². The molecule has 2 aromatic carbocycles. The fourth-order valence-electron chi connectivity index (χ4n) is 2.84. The van der Waals surface area contributed by atoms with E-state index in [4.69, 9.17) is 0 Å². The van der Waals surface area contributed by atoms with Crippen LogP contribution in [-0.4, -0.2) is 40.8 Å². The fraction of sp³-hybridized carbons (Fsp3) is 0.250. The Balaban J connectivity index is 1.66. The Kier molecular flexibility index (Phi) is 6.66. The summed E-state index contributed by atoms with van der Waals surface area (Å²) in [5, 5.41) is 4.98. The SMILES string of the molecule is O=C(CCN1CCSC1=O)Nc1ccccc1C(=O)Nc1cccc(C(F)(F)F)c1. The largest absolute Gasteiger partial charge is 0.416 e. The molecular weight excluding hydrogens is 419 g/mol. The quantitative estimate of drug-likeness (QED) is 0.700. The zero-order valence-corrected chi connectivity index (χ0v) is 16.5. The maximum atomic E-state index is 12.9. The lowest BCUT2D eigenvalue weighted by Gasteiger charge is -2.15.